The zero-order valence-electron chi connectivity index (χ0n) is 16.8. The summed E-state index contributed by atoms with van der Waals surface area (Å²) in [7, 11) is 1.77. The molecule has 2 amide bonds. The molecule has 148 valence electrons. The predicted molar refractivity (Wildman–Crippen MR) is 111 cm³/mol. The number of benzene rings is 2. The van der Waals surface area contributed by atoms with Gasteiger partial charge in [-0.25, -0.2) is 0 Å². The summed E-state index contributed by atoms with van der Waals surface area (Å²) in [5.41, 5.74) is 3.87. The van der Waals surface area contributed by atoms with Crippen molar-refractivity contribution in [2.45, 2.75) is 33.2 Å². The fraction of sp³-hybridized carbons (Fsp3) is 0.304. The van der Waals surface area contributed by atoms with E-state index in [-0.39, 0.29) is 18.4 Å². The van der Waals surface area contributed by atoms with E-state index in [2.05, 4.69) is 11.9 Å². The van der Waals surface area contributed by atoms with Gasteiger partial charge in [0.15, 0.2) is 6.61 Å². The Kier molecular flexibility index (Phi) is 7.81. The van der Waals surface area contributed by atoms with Gasteiger partial charge in [-0.3, -0.25) is 9.59 Å². The smallest absolute Gasteiger partial charge is 0.262 e. The lowest BCUT2D eigenvalue weighted by Gasteiger charge is -2.18. The molecule has 5 nitrogen and oxygen atoms in total. The highest BCUT2D eigenvalue weighted by Crippen LogP contribution is 2.16. The van der Waals surface area contributed by atoms with Crippen LogP contribution in [0.3, 0.4) is 0 Å². The van der Waals surface area contributed by atoms with Crippen LogP contribution in [0.1, 0.15) is 29.5 Å². The molecule has 2 aromatic rings. The molecule has 0 aliphatic heterocycles. The molecule has 2 aromatic carbocycles. The summed E-state index contributed by atoms with van der Waals surface area (Å²) >= 11 is 0. The Hall–Kier alpha value is -3.08. The molecular weight excluding hydrogens is 352 g/mol. The number of allylic oxidation sites excluding steroid dienone is 1. The van der Waals surface area contributed by atoms with Crippen LogP contribution in [-0.2, 0) is 16.1 Å². The van der Waals surface area contributed by atoms with Gasteiger partial charge in [0.25, 0.3) is 5.91 Å². The van der Waals surface area contributed by atoms with Gasteiger partial charge in [-0.15, -0.1) is 0 Å². The van der Waals surface area contributed by atoms with Crippen molar-refractivity contribution >= 4 is 11.8 Å². The van der Waals surface area contributed by atoms with Crippen molar-refractivity contribution in [1.29, 1.82) is 0 Å². The van der Waals surface area contributed by atoms with E-state index in [0.29, 0.717) is 30.8 Å². The van der Waals surface area contributed by atoms with Crippen molar-refractivity contribution in [3.8, 4) is 5.75 Å². The van der Waals surface area contributed by atoms with E-state index in [9.17, 15) is 9.59 Å². The fourth-order valence-electron chi connectivity index (χ4n) is 2.64. The van der Waals surface area contributed by atoms with E-state index in [1.807, 2.05) is 62.4 Å². The highest BCUT2D eigenvalue weighted by atomic mass is 16.5. The van der Waals surface area contributed by atoms with Gasteiger partial charge in [0.05, 0.1) is 0 Å². The van der Waals surface area contributed by atoms with Crippen LogP contribution in [0.25, 0.3) is 0 Å². The maximum atomic E-state index is 12.3. The quantitative estimate of drug-likeness (QED) is 0.721. The maximum absolute atomic E-state index is 12.3. The minimum Gasteiger partial charge on any atom is -0.484 e. The third kappa shape index (κ3) is 6.91. The van der Waals surface area contributed by atoms with Crippen molar-refractivity contribution < 1.29 is 14.3 Å². The van der Waals surface area contributed by atoms with Gasteiger partial charge >= 0.3 is 0 Å². The Labute approximate surface area is 167 Å². The number of ether oxygens (including phenoxy) is 1. The average Bonchev–Trinajstić information content (AvgIpc) is 2.67. The number of carbonyl (C=O) groups excluding carboxylic acids is 2. The Morgan fingerprint density at radius 2 is 1.75 bits per heavy atom. The van der Waals surface area contributed by atoms with Crippen LogP contribution in [-0.4, -0.2) is 30.4 Å². The molecule has 0 saturated heterocycles. The summed E-state index contributed by atoms with van der Waals surface area (Å²) in [5.74, 6) is 0.375. The molecular formula is C23H28N2O3. The number of rotatable bonds is 9. The largest absolute Gasteiger partial charge is 0.484 e. The summed E-state index contributed by atoms with van der Waals surface area (Å²) < 4.78 is 5.51. The number of nitrogens with zero attached hydrogens (tertiary/aromatic N) is 1. The van der Waals surface area contributed by atoms with Gasteiger partial charge in [-0.2, -0.15) is 0 Å². The highest BCUT2D eigenvalue weighted by Gasteiger charge is 2.11. The van der Waals surface area contributed by atoms with E-state index in [4.69, 9.17) is 4.74 Å². The monoisotopic (exact) mass is 380 g/mol. The van der Waals surface area contributed by atoms with Crippen molar-refractivity contribution in [2.24, 2.45) is 0 Å². The second-order valence-electron chi connectivity index (χ2n) is 6.92. The van der Waals surface area contributed by atoms with Crippen LogP contribution in [0.2, 0.25) is 0 Å². The number of amides is 2. The fourth-order valence-corrected chi connectivity index (χ4v) is 2.64. The number of nitrogens with one attached hydrogen (secondary N) is 1. The van der Waals surface area contributed by atoms with Crippen molar-refractivity contribution in [3.63, 3.8) is 0 Å². The molecule has 0 atom stereocenters. The third-order valence-electron chi connectivity index (χ3n) is 4.49. The second-order valence-corrected chi connectivity index (χ2v) is 6.92. The van der Waals surface area contributed by atoms with Crippen LogP contribution < -0.4 is 10.1 Å². The topological polar surface area (TPSA) is 58.6 Å². The number of carbonyl (C=O) groups is 2. The van der Waals surface area contributed by atoms with Crippen molar-refractivity contribution in [2.75, 3.05) is 13.7 Å². The summed E-state index contributed by atoms with van der Waals surface area (Å²) in [6.45, 7) is 8.31. The summed E-state index contributed by atoms with van der Waals surface area (Å²) in [5, 5.41) is 2.69. The molecule has 2 rings (SSSR count). The zero-order valence-corrected chi connectivity index (χ0v) is 16.8. The Morgan fingerprint density at radius 1 is 1.04 bits per heavy atom. The standard InChI is InChI=1S/C23H28N2O3/c1-17-10-12-21(14-18(17)2)28-16-22(26)24-19(3)11-13-23(27)25(4)15-20-8-6-5-7-9-20/h5-10,12,14H,3,11,13,15-16H2,1-2,4H3,(H,24,26). The molecule has 0 bridgehead atoms. The molecule has 0 aliphatic carbocycles. The van der Waals surface area contributed by atoms with Crippen LogP contribution in [0.5, 0.6) is 5.75 Å². The molecule has 0 aromatic heterocycles. The Morgan fingerprint density at radius 3 is 2.43 bits per heavy atom. The first-order chi connectivity index (χ1) is 13.3. The second kappa shape index (κ2) is 10.3. The molecule has 0 unspecified atom stereocenters. The van der Waals surface area contributed by atoms with E-state index in [1.54, 1.807) is 11.9 Å². The van der Waals surface area contributed by atoms with Crippen molar-refractivity contribution in [3.05, 3.63) is 77.5 Å². The minimum atomic E-state index is -0.284. The molecule has 0 fully saturated rings. The van der Waals surface area contributed by atoms with Crippen LogP contribution in [0.4, 0.5) is 0 Å². The summed E-state index contributed by atoms with van der Waals surface area (Å²) in [4.78, 5) is 25.9. The first-order valence-electron chi connectivity index (χ1n) is 9.30. The molecule has 0 saturated carbocycles. The summed E-state index contributed by atoms with van der Waals surface area (Å²) in [6.07, 6.45) is 0.688. The molecule has 1 N–H and O–H groups in total. The molecule has 28 heavy (non-hydrogen) atoms. The highest BCUT2D eigenvalue weighted by molar-refractivity contribution is 5.80. The minimum absolute atomic E-state index is 0.00522. The average molecular weight is 380 g/mol. The van der Waals surface area contributed by atoms with Crippen LogP contribution >= 0.6 is 0 Å². The zero-order chi connectivity index (χ0) is 20.5. The number of hydrogen-bond acceptors (Lipinski definition) is 3. The SMILES string of the molecule is C=C(CCC(=O)N(C)Cc1ccccc1)NC(=O)COc1ccc(C)c(C)c1. The molecule has 0 heterocycles. The van der Waals surface area contributed by atoms with Gasteiger partial charge in [0.2, 0.25) is 5.91 Å². The predicted octanol–water partition coefficient (Wildman–Crippen LogP) is 3.75. The van der Waals surface area contributed by atoms with Gasteiger partial charge in [0, 0.05) is 25.7 Å². The van der Waals surface area contributed by atoms with E-state index in [0.717, 1.165) is 11.1 Å². The Bertz CT molecular complexity index is 831. The lowest BCUT2D eigenvalue weighted by Crippen LogP contribution is -2.30. The number of aryl methyl sites for hydroxylation is 2. The summed E-state index contributed by atoms with van der Waals surface area (Å²) in [6, 6.07) is 15.5. The van der Waals surface area contributed by atoms with Gasteiger partial charge in [0.1, 0.15) is 5.75 Å². The van der Waals surface area contributed by atoms with Crippen LogP contribution in [0.15, 0.2) is 60.8 Å². The van der Waals surface area contributed by atoms with E-state index < -0.39 is 0 Å². The molecule has 5 heteroatoms. The van der Waals surface area contributed by atoms with E-state index in [1.165, 1.54) is 5.56 Å². The Balaban J connectivity index is 1.70. The first kappa shape index (κ1) is 21.2. The van der Waals surface area contributed by atoms with Gasteiger partial charge in [-0.05, 0) is 49.1 Å². The maximum Gasteiger partial charge on any atom is 0.262 e. The first-order valence-corrected chi connectivity index (χ1v) is 9.30. The normalized spacial score (nSPS) is 10.2. The lowest BCUT2D eigenvalue weighted by molar-refractivity contribution is -0.130. The number of hydrogen-bond donors (Lipinski definition) is 1. The third-order valence-corrected chi connectivity index (χ3v) is 4.49. The van der Waals surface area contributed by atoms with E-state index >= 15 is 0 Å². The molecule has 0 spiro atoms. The van der Waals surface area contributed by atoms with Gasteiger partial charge < -0.3 is 15.0 Å². The molecule has 0 aliphatic rings. The molecule has 0 radical (unpaired) electrons. The lowest BCUT2D eigenvalue weighted by atomic mass is 10.1. The van der Waals surface area contributed by atoms with Gasteiger partial charge in [-0.1, -0.05) is 43.0 Å². The van der Waals surface area contributed by atoms with Crippen molar-refractivity contribution in [1.82, 2.24) is 10.2 Å². The van der Waals surface area contributed by atoms with Crippen LogP contribution in [0, 0.1) is 13.8 Å².